The molecule has 1 amide bonds. The van der Waals surface area contributed by atoms with Crippen LogP contribution >= 0.6 is 23.2 Å². The van der Waals surface area contributed by atoms with E-state index in [1.165, 1.54) is 0 Å². The summed E-state index contributed by atoms with van der Waals surface area (Å²) >= 11 is 12.1. The van der Waals surface area contributed by atoms with Crippen molar-refractivity contribution in [2.75, 3.05) is 6.54 Å². The zero-order valence-electron chi connectivity index (χ0n) is 11.9. The SMILES string of the molecule is CCN(Cc1ccccc1Cl)C(=O)c1cc(C)nc(Cl)c1. The molecule has 3 nitrogen and oxygen atoms in total. The second-order valence-corrected chi connectivity index (χ2v) is 5.53. The number of carbonyl (C=O) groups excluding carboxylic acids is 1. The first-order valence-electron chi connectivity index (χ1n) is 6.68. The first-order valence-corrected chi connectivity index (χ1v) is 7.43. The van der Waals surface area contributed by atoms with Gasteiger partial charge in [-0.1, -0.05) is 41.4 Å². The highest BCUT2D eigenvalue weighted by molar-refractivity contribution is 6.31. The molecule has 110 valence electrons. The molecule has 0 aliphatic heterocycles. The number of benzene rings is 1. The number of rotatable bonds is 4. The summed E-state index contributed by atoms with van der Waals surface area (Å²) in [6.07, 6.45) is 0. The van der Waals surface area contributed by atoms with Crippen LogP contribution < -0.4 is 0 Å². The Morgan fingerprint density at radius 1 is 1.24 bits per heavy atom. The van der Waals surface area contributed by atoms with Crippen molar-refractivity contribution in [1.82, 2.24) is 9.88 Å². The minimum atomic E-state index is -0.0789. The molecule has 0 saturated carbocycles. The number of halogens is 2. The predicted molar refractivity (Wildman–Crippen MR) is 85.9 cm³/mol. The Labute approximate surface area is 134 Å². The molecule has 0 bridgehead atoms. The lowest BCUT2D eigenvalue weighted by atomic mass is 10.1. The number of pyridine rings is 1. The molecular formula is C16H16Cl2N2O. The topological polar surface area (TPSA) is 33.2 Å². The second kappa shape index (κ2) is 6.92. The van der Waals surface area contributed by atoms with Gasteiger partial charge in [0.25, 0.3) is 5.91 Å². The summed E-state index contributed by atoms with van der Waals surface area (Å²) in [6.45, 7) is 4.80. The molecule has 0 fully saturated rings. The summed E-state index contributed by atoms with van der Waals surface area (Å²) in [7, 11) is 0. The molecule has 0 aliphatic carbocycles. The van der Waals surface area contributed by atoms with E-state index < -0.39 is 0 Å². The molecule has 1 heterocycles. The van der Waals surface area contributed by atoms with Gasteiger partial charge < -0.3 is 4.90 Å². The van der Waals surface area contributed by atoms with Gasteiger partial charge in [0.1, 0.15) is 5.15 Å². The van der Waals surface area contributed by atoms with E-state index in [4.69, 9.17) is 23.2 Å². The number of aryl methyl sites for hydroxylation is 1. The molecule has 2 aromatic rings. The van der Waals surface area contributed by atoms with Gasteiger partial charge in [-0.3, -0.25) is 4.79 Å². The zero-order chi connectivity index (χ0) is 15.4. The van der Waals surface area contributed by atoms with Gasteiger partial charge in [-0.15, -0.1) is 0 Å². The standard InChI is InChI=1S/C16H16Cl2N2O/c1-3-20(10-12-6-4-5-7-14(12)17)16(21)13-8-11(2)19-15(18)9-13/h4-9H,3,10H2,1-2H3. The van der Waals surface area contributed by atoms with E-state index >= 15 is 0 Å². The lowest BCUT2D eigenvalue weighted by Crippen LogP contribution is -2.30. The van der Waals surface area contributed by atoms with Crippen LogP contribution in [-0.2, 0) is 6.54 Å². The average Bonchev–Trinajstić information content (AvgIpc) is 2.44. The van der Waals surface area contributed by atoms with Crippen LogP contribution in [-0.4, -0.2) is 22.3 Å². The predicted octanol–water partition coefficient (Wildman–Crippen LogP) is 4.36. The van der Waals surface area contributed by atoms with Crippen molar-refractivity contribution >= 4 is 29.1 Å². The Hall–Kier alpha value is -1.58. The van der Waals surface area contributed by atoms with E-state index in [0.29, 0.717) is 28.8 Å². The van der Waals surface area contributed by atoms with Crippen molar-refractivity contribution in [3.63, 3.8) is 0 Å². The molecule has 0 radical (unpaired) electrons. The molecule has 2 rings (SSSR count). The Morgan fingerprint density at radius 3 is 2.57 bits per heavy atom. The van der Waals surface area contributed by atoms with E-state index in [0.717, 1.165) is 11.3 Å². The van der Waals surface area contributed by atoms with Gasteiger partial charge in [0.15, 0.2) is 0 Å². The van der Waals surface area contributed by atoms with Crippen molar-refractivity contribution < 1.29 is 4.79 Å². The van der Waals surface area contributed by atoms with Gasteiger partial charge >= 0.3 is 0 Å². The summed E-state index contributed by atoms with van der Waals surface area (Å²) in [5, 5.41) is 0.986. The van der Waals surface area contributed by atoms with Crippen molar-refractivity contribution in [2.45, 2.75) is 20.4 Å². The monoisotopic (exact) mass is 322 g/mol. The lowest BCUT2D eigenvalue weighted by molar-refractivity contribution is 0.0752. The minimum absolute atomic E-state index is 0.0789. The van der Waals surface area contributed by atoms with Crippen LogP contribution in [0.2, 0.25) is 10.2 Å². The fourth-order valence-corrected chi connectivity index (χ4v) is 2.54. The normalized spacial score (nSPS) is 10.5. The largest absolute Gasteiger partial charge is 0.335 e. The Kier molecular flexibility index (Phi) is 5.21. The number of hydrogen-bond acceptors (Lipinski definition) is 2. The van der Waals surface area contributed by atoms with Crippen LogP contribution in [0.5, 0.6) is 0 Å². The van der Waals surface area contributed by atoms with Crippen LogP contribution in [0, 0.1) is 6.92 Å². The molecule has 0 spiro atoms. The highest BCUT2D eigenvalue weighted by atomic mass is 35.5. The maximum Gasteiger partial charge on any atom is 0.254 e. The highest BCUT2D eigenvalue weighted by Crippen LogP contribution is 2.19. The van der Waals surface area contributed by atoms with Gasteiger partial charge in [0.05, 0.1) is 0 Å². The summed E-state index contributed by atoms with van der Waals surface area (Å²) in [6, 6.07) is 10.9. The highest BCUT2D eigenvalue weighted by Gasteiger charge is 2.16. The summed E-state index contributed by atoms with van der Waals surface area (Å²) < 4.78 is 0. The number of aromatic nitrogens is 1. The smallest absolute Gasteiger partial charge is 0.254 e. The van der Waals surface area contributed by atoms with Gasteiger partial charge in [0.2, 0.25) is 0 Å². The number of nitrogens with zero attached hydrogens (tertiary/aromatic N) is 2. The molecule has 0 aliphatic rings. The summed E-state index contributed by atoms with van der Waals surface area (Å²) in [5.41, 5.74) is 2.19. The van der Waals surface area contributed by atoms with Crippen molar-refractivity contribution in [3.8, 4) is 0 Å². The third kappa shape index (κ3) is 3.96. The number of amides is 1. The minimum Gasteiger partial charge on any atom is -0.335 e. The zero-order valence-corrected chi connectivity index (χ0v) is 13.4. The molecule has 0 atom stereocenters. The Balaban J connectivity index is 2.24. The summed E-state index contributed by atoms with van der Waals surface area (Å²) in [4.78, 5) is 18.4. The van der Waals surface area contributed by atoms with E-state index in [-0.39, 0.29) is 5.91 Å². The van der Waals surface area contributed by atoms with Gasteiger partial charge in [-0.25, -0.2) is 4.98 Å². The van der Waals surface area contributed by atoms with Crippen molar-refractivity contribution in [3.05, 3.63) is 63.4 Å². The number of hydrogen-bond donors (Lipinski definition) is 0. The van der Waals surface area contributed by atoms with Crippen LogP contribution in [0.1, 0.15) is 28.5 Å². The Bertz CT molecular complexity index is 638. The molecule has 1 aromatic carbocycles. The third-order valence-corrected chi connectivity index (χ3v) is 3.72. The molecule has 0 unspecified atom stereocenters. The van der Waals surface area contributed by atoms with Crippen LogP contribution in [0.3, 0.4) is 0 Å². The lowest BCUT2D eigenvalue weighted by Gasteiger charge is -2.22. The summed E-state index contributed by atoms with van der Waals surface area (Å²) in [5.74, 6) is -0.0789. The fraction of sp³-hybridized carbons (Fsp3) is 0.250. The van der Waals surface area contributed by atoms with Crippen molar-refractivity contribution in [1.29, 1.82) is 0 Å². The van der Waals surface area contributed by atoms with Crippen LogP contribution in [0.4, 0.5) is 0 Å². The first-order chi connectivity index (χ1) is 10.0. The molecule has 0 saturated heterocycles. The molecule has 0 N–H and O–H groups in total. The molecule has 1 aromatic heterocycles. The van der Waals surface area contributed by atoms with E-state index in [1.807, 2.05) is 38.1 Å². The van der Waals surface area contributed by atoms with Gasteiger partial charge in [-0.05, 0) is 37.6 Å². The van der Waals surface area contributed by atoms with Crippen LogP contribution in [0.15, 0.2) is 36.4 Å². The average molecular weight is 323 g/mol. The third-order valence-electron chi connectivity index (χ3n) is 3.16. The maximum absolute atomic E-state index is 12.6. The number of carbonyl (C=O) groups is 1. The van der Waals surface area contributed by atoms with E-state index in [2.05, 4.69) is 4.98 Å². The molecule has 5 heteroatoms. The Morgan fingerprint density at radius 2 is 1.95 bits per heavy atom. The van der Waals surface area contributed by atoms with E-state index in [9.17, 15) is 4.79 Å². The maximum atomic E-state index is 12.6. The van der Waals surface area contributed by atoms with Gasteiger partial charge in [0, 0.05) is 29.4 Å². The molecule has 21 heavy (non-hydrogen) atoms. The first kappa shape index (κ1) is 15.8. The van der Waals surface area contributed by atoms with Crippen molar-refractivity contribution in [2.24, 2.45) is 0 Å². The molecular weight excluding hydrogens is 307 g/mol. The fourth-order valence-electron chi connectivity index (χ4n) is 2.09. The van der Waals surface area contributed by atoms with E-state index in [1.54, 1.807) is 17.0 Å². The van der Waals surface area contributed by atoms with Crippen LogP contribution in [0.25, 0.3) is 0 Å². The quantitative estimate of drug-likeness (QED) is 0.783. The second-order valence-electron chi connectivity index (χ2n) is 4.73. The van der Waals surface area contributed by atoms with Gasteiger partial charge in [-0.2, -0.15) is 0 Å².